The van der Waals surface area contributed by atoms with E-state index in [0.717, 1.165) is 11.8 Å². The average molecular weight is 317 g/mol. The van der Waals surface area contributed by atoms with Crippen LogP contribution in [0, 0.1) is 6.92 Å². The minimum atomic E-state index is -3.32. The molecule has 0 aliphatic carbocycles. The van der Waals surface area contributed by atoms with Gasteiger partial charge in [0.05, 0.1) is 4.90 Å². The van der Waals surface area contributed by atoms with Crippen molar-refractivity contribution < 1.29 is 13.2 Å². The van der Waals surface area contributed by atoms with Crippen molar-refractivity contribution in [2.45, 2.75) is 18.4 Å². The van der Waals surface area contributed by atoms with Gasteiger partial charge in [0.25, 0.3) is 5.91 Å². The molecular formula is C17H19NO3S. The van der Waals surface area contributed by atoms with Gasteiger partial charge in [-0.25, -0.2) is 8.42 Å². The molecule has 0 aromatic heterocycles. The van der Waals surface area contributed by atoms with E-state index in [2.05, 4.69) is 0 Å². The molecule has 0 atom stereocenters. The molecule has 0 N–H and O–H groups in total. The van der Waals surface area contributed by atoms with E-state index in [0.29, 0.717) is 12.1 Å². The smallest absolute Gasteiger partial charge is 0.253 e. The Labute approximate surface area is 131 Å². The zero-order valence-electron chi connectivity index (χ0n) is 12.9. The molecule has 5 heteroatoms. The van der Waals surface area contributed by atoms with Crippen LogP contribution in [0.5, 0.6) is 0 Å². The first kappa shape index (κ1) is 16.2. The molecule has 22 heavy (non-hydrogen) atoms. The third kappa shape index (κ3) is 3.95. The standard InChI is InChI=1S/C17H19NO3S/c1-13-7-9-14(10-8-13)12-18(2)17(19)15-5-4-6-16(11-15)22(3,20)21/h4-11H,12H2,1-3H3. The summed E-state index contributed by atoms with van der Waals surface area (Å²) in [5, 5.41) is 0. The maximum Gasteiger partial charge on any atom is 0.253 e. The van der Waals surface area contributed by atoms with Crippen molar-refractivity contribution in [1.29, 1.82) is 0 Å². The molecule has 4 nitrogen and oxygen atoms in total. The minimum absolute atomic E-state index is 0.155. The van der Waals surface area contributed by atoms with Crippen LogP contribution >= 0.6 is 0 Å². The second kappa shape index (κ2) is 6.32. The van der Waals surface area contributed by atoms with Gasteiger partial charge in [0, 0.05) is 25.4 Å². The highest BCUT2D eigenvalue weighted by Gasteiger charge is 2.15. The fourth-order valence-corrected chi connectivity index (χ4v) is 2.79. The van der Waals surface area contributed by atoms with Crippen molar-refractivity contribution in [1.82, 2.24) is 4.90 Å². The summed E-state index contributed by atoms with van der Waals surface area (Å²) in [6, 6.07) is 14.1. The number of hydrogen-bond donors (Lipinski definition) is 0. The van der Waals surface area contributed by atoms with E-state index in [1.165, 1.54) is 17.7 Å². The number of sulfone groups is 1. The van der Waals surface area contributed by atoms with E-state index >= 15 is 0 Å². The first-order chi connectivity index (χ1) is 10.3. The summed E-state index contributed by atoms with van der Waals surface area (Å²) in [5.74, 6) is -0.203. The van der Waals surface area contributed by atoms with Gasteiger partial charge in [-0.2, -0.15) is 0 Å². The van der Waals surface area contributed by atoms with E-state index < -0.39 is 9.84 Å². The zero-order chi connectivity index (χ0) is 16.3. The molecule has 0 aliphatic rings. The molecule has 0 saturated heterocycles. The van der Waals surface area contributed by atoms with Crippen LogP contribution in [0.15, 0.2) is 53.4 Å². The Morgan fingerprint density at radius 1 is 1.09 bits per heavy atom. The number of nitrogens with zero attached hydrogens (tertiary/aromatic N) is 1. The summed E-state index contributed by atoms with van der Waals surface area (Å²) in [7, 11) is -1.62. The van der Waals surface area contributed by atoms with Crippen LogP contribution in [0.3, 0.4) is 0 Å². The maximum absolute atomic E-state index is 12.4. The number of carbonyl (C=O) groups is 1. The van der Waals surface area contributed by atoms with Crippen molar-refractivity contribution in [3.05, 3.63) is 65.2 Å². The average Bonchev–Trinajstić information content (AvgIpc) is 2.48. The fourth-order valence-electron chi connectivity index (χ4n) is 2.12. The molecule has 0 radical (unpaired) electrons. The minimum Gasteiger partial charge on any atom is -0.337 e. The quantitative estimate of drug-likeness (QED) is 0.871. The molecular weight excluding hydrogens is 298 g/mol. The predicted octanol–water partition coefficient (Wildman–Crippen LogP) is 2.67. The van der Waals surface area contributed by atoms with Crippen LogP contribution in [-0.2, 0) is 16.4 Å². The summed E-state index contributed by atoms with van der Waals surface area (Å²) in [4.78, 5) is 14.2. The molecule has 0 saturated carbocycles. The van der Waals surface area contributed by atoms with Crippen LogP contribution in [0.1, 0.15) is 21.5 Å². The third-order valence-electron chi connectivity index (χ3n) is 3.40. The number of benzene rings is 2. The summed E-state index contributed by atoms with van der Waals surface area (Å²) in [6.07, 6.45) is 1.13. The van der Waals surface area contributed by atoms with Crippen LogP contribution in [0.2, 0.25) is 0 Å². The van der Waals surface area contributed by atoms with Crippen LogP contribution < -0.4 is 0 Å². The Bertz CT molecular complexity index is 780. The topological polar surface area (TPSA) is 54.5 Å². The van der Waals surface area contributed by atoms with Crippen molar-refractivity contribution >= 4 is 15.7 Å². The van der Waals surface area contributed by atoms with E-state index in [4.69, 9.17) is 0 Å². The van der Waals surface area contributed by atoms with Gasteiger partial charge in [-0.15, -0.1) is 0 Å². The number of rotatable bonds is 4. The number of amides is 1. The van der Waals surface area contributed by atoms with Crippen LogP contribution in [-0.4, -0.2) is 32.5 Å². The highest BCUT2D eigenvalue weighted by atomic mass is 32.2. The maximum atomic E-state index is 12.4. The van der Waals surface area contributed by atoms with Crippen LogP contribution in [0.4, 0.5) is 0 Å². The number of hydrogen-bond acceptors (Lipinski definition) is 3. The Morgan fingerprint density at radius 2 is 1.73 bits per heavy atom. The van der Waals surface area contributed by atoms with Gasteiger partial charge in [-0.1, -0.05) is 35.9 Å². The summed E-state index contributed by atoms with van der Waals surface area (Å²) in [5.41, 5.74) is 2.57. The first-order valence-corrected chi connectivity index (χ1v) is 8.77. The molecule has 1 amide bonds. The molecule has 2 aromatic rings. The van der Waals surface area contributed by atoms with Gasteiger partial charge in [-0.05, 0) is 30.7 Å². The van der Waals surface area contributed by atoms with Gasteiger partial charge in [0.1, 0.15) is 0 Å². The van der Waals surface area contributed by atoms with E-state index in [9.17, 15) is 13.2 Å². The first-order valence-electron chi connectivity index (χ1n) is 6.88. The molecule has 0 spiro atoms. The second-order valence-electron chi connectivity index (χ2n) is 5.45. The number of aryl methyl sites for hydroxylation is 1. The Morgan fingerprint density at radius 3 is 2.32 bits per heavy atom. The molecule has 0 heterocycles. The normalized spacial score (nSPS) is 11.2. The molecule has 0 unspecified atom stereocenters. The Balaban J connectivity index is 2.18. The molecule has 0 fully saturated rings. The summed E-state index contributed by atoms with van der Waals surface area (Å²) >= 11 is 0. The van der Waals surface area contributed by atoms with Crippen molar-refractivity contribution in [2.24, 2.45) is 0 Å². The molecule has 2 aromatic carbocycles. The van der Waals surface area contributed by atoms with Gasteiger partial charge in [0.2, 0.25) is 0 Å². The molecule has 116 valence electrons. The second-order valence-corrected chi connectivity index (χ2v) is 7.46. The molecule has 2 rings (SSSR count). The highest BCUT2D eigenvalue weighted by Crippen LogP contribution is 2.14. The SMILES string of the molecule is Cc1ccc(CN(C)C(=O)c2cccc(S(C)(=O)=O)c2)cc1. The van der Waals surface area contributed by atoms with Crippen molar-refractivity contribution in [2.75, 3.05) is 13.3 Å². The summed E-state index contributed by atoms with van der Waals surface area (Å²) < 4.78 is 23.2. The van der Waals surface area contributed by atoms with E-state index in [1.807, 2.05) is 31.2 Å². The fraction of sp³-hybridized carbons (Fsp3) is 0.235. The molecule has 0 bridgehead atoms. The lowest BCUT2D eigenvalue weighted by Crippen LogP contribution is -2.26. The van der Waals surface area contributed by atoms with E-state index in [-0.39, 0.29) is 10.8 Å². The monoisotopic (exact) mass is 317 g/mol. The van der Waals surface area contributed by atoms with Gasteiger partial charge < -0.3 is 4.90 Å². The van der Waals surface area contributed by atoms with E-state index in [1.54, 1.807) is 24.1 Å². The van der Waals surface area contributed by atoms with Gasteiger partial charge in [0.15, 0.2) is 9.84 Å². The Hall–Kier alpha value is -2.14. The largest absolute Gasteiger partial charge is 0.337 e. The van der Waals surface area contributed by atoms with Crippen molar-refractivity contribution in [3.63, 3.8) is 0 Å². The van der Waals surface area contributed by atoms with Crippen molar-refractivity contribution in [3.8, 4) is 0 Å². The third-order valence-corrected chi connectivity index (χ3v) is 4.51. The lowest BCUT2D eigenvalue weighted by molar-refractivity contribution is 0.0785. The summed E-state index contributed by atoms with van der Waals surface area (Å²) in [6.45, 7) is 2.48. The zero-order valence-corrected chi connectivity index (χ0v) is 13.7. The molecule has 0 aliphatic heterocycles. The lowest BCUT2D eigenvalue weighted by Gasteiger charge is -2.18. The van der Waals surface area contributed by atoms with Gasteiger partial charge >= 0.3 is 0 Å². The Kier molecular flexibility index (Phi) is 4.66. The van der Waals surface area contributed by atoms with Crippen LogP contribution in [0.25, 0.3) is 0 Å². The lowest BCUT2D eigenvalue weighted by atomic mass is 10.1. The van der Waals surface area contributed by atoms with Gasteiger partial charge in [-0.3, -0.25) is 4.79 Å². The number of carbonyl (C=O) groups excluding carboxylic acids is 1. The predicted molar refractivity (Wildman–Crippen MR) is 86.5 cm³/mol. The highest BCUT2D eigenvalue weighted by molar-refractivity contribution is 7.90.